The Hall–Kier alpha value is -2.56. The lowest BCUT2D eigenvalue weighted by atomic mass is 9.91. The second-order valence-corrected chi connectivity index (χ2v) is 6.10. The quantitative estimate of drug-likeness (QED) is 0.919. The van der Waals surface area contributed by atoms with Crippen molar-refractivity contribution in [3.8, 4) is 0 Å². The van der Waals surface area contributed by atoms with Crippen molar-refractivity contribution in [3.05, 3.63) is 59.0 Å². The number of rotatable bonds is 5. The molecule has 1 aromatic heterocycles. The van der Waals surface area contributed by atoms with Crippen LogP contribution >= 0.6 is 0 Å². The van der Waals surface area contributed by atoms with Crippen molar-refractivity contribution < 1.29 is 14.0 Å². The fourth-order valence-corrected chi connectivity index (χ4v) is 3.17. The van der Waals surface area contributed by atoms with E-state index in [-0.39, 0.29) is 11.8 Å². The second kappa shape index (κ2) is 6.91. The molecule has 5 heteroatoms. The minimum Gasteiger partial charge on any atom is -0.465 e. The van der Waals surface area contributed by atoms with Crippen LogP contribution in [0.4, 0.5) is 0 Å². The molecule has 0 aliphatic carbocycles. The van der Waals surface area contributed by atoms with Gasteiger partial charge in [0.25, 0.3) is 0 Å². The first-order valence-electron chi connectivity index (χ1n) is 8.30. The van der Waals surface area contributed by atoms with E-state index in [1.54, 1.807) is 4.90 Å². The average Bonchev–Trinajstić information content (AvgIpc) is 2.99. The third-order valence-corrected chi connectivity index (χ3v) is 4.27. The van der Waals surface area contributed by atoms with Gasteiger partial charge in [-0.05, 0) is 36.6 Å². The van der Waals surface area contributed by atoms with Crippen molar-refractivity contribution in [2.24, 2.45) is 0 Å². The van der Waals surface area contributed by atoms with E-state index in [1.165, 1.54) is 0 Å². The summed E-state index contributed by atoms with van der Waals surface area (Å²) >= 11 is 0. The number of benzene rings is 1. The molecule has 0 saturated carbocycles. The van der Waals surface area contributed by atoms with Gasteiger partial charge in [0.15, 0.2) is 0 Å². The molecule has 2 amide bonds. The van der Waals surface area contributed by atoms with Crippen molar-refractivity contribution in [3.63, 3.8) is 0 Å². The molecular weight excluding hydrogens is 304 g/mol. The minimum absolute atomic E-state index is 0.00421. The maximum Gasteiger partial charge on any atom is 0.247 e. The number of hydrogen-bond acceptors (Lipinski definition) is 3. The van der Waals surface area contributed by atoms with Gasteiger partial charge in [-0.2, -0.15) is 0 Å². The zero-order chi connectivity index (χ0) is 17.1. The number of carbonyl (C=O) groups excluding carboxylic acids is 2. The van der Waals surface area contributed by atoms with E-state index in [0.717, 1.165) is 23.3 Å². The number of hydrogen-bond donors (Lipinski definition) is 1. The molecule has 1 aliphatic heterocycles. The van der Waals surface area contributed by atoms with E-state index < -0.39 is 6.04 Å². The van der Waals surface area contributed by atoms with Gasteiger partial charge in [0, 0.05) is 6.54 Å². The van der Waals surface area contributed by atoms with Gasteiger partial charge < -0.3 is 14.6 Å². The van der Waals surface area contributed by atoms with Crippen LogP contribution < -0.4 is 5.32 Å². The molecule has 1 N–H and O–H groups in total. The number of carbonyl (C=O) groups is 2. The first-order chi connectivity index (χ1) is 11.6. The van der Waals surface area contributed by atoms with Crippen LogP contribution in [0, 0.1) is 6.92 Å². The molecule has 2 heterocycles. The Bertz CT molecular complexity index is 751. The Kier molecular flexibility index (Phi) is 4.69. The number of aryl methyl sites for hydroxylation is 1. The molecule has 2 aromatic rings. The summed E-state index contributed by atoms with van der Waals surface area (Å²) in [5.41, 5.74) is 1.85. The molecule has 3 rings (SSSR count). The summed E-state index contributed by atoms with van der Waals surface area (Å²) in [5, 5.41) is 2.91. The van der Waals surface area contributed by atoms with Crippen LogP contribution in [0.2, 0.25) is 0 Å². The summed E-state index contributed by atoms with van der Waals surface area (Å²) in [7, 11) is 0. The lowest BCUT2D eigenvalue weighted by Crippen LogP contribution is -2.47. The highest BCUT2D eigenvalue weighted by molar-refractivity contribution is 5.92. The predicted octanol–water partition coefficient (Wildman–Crippen LogP) is 2.74. The van der Waals surface area contributed by atoms with Gasteiger partial charge in [-0.1, -0.05) is 31.2 Å². The minimum atomic E-state index is -0.571. The molecule has 5 nitrogen and oxygen atoms in total. The van der Waals surface area contributed by atoms with Crippen LogP contribution in [0.1, 0.15) is 42.0 Å². The number of nitrogens with one attached hydrogen (secondary N) is 1. The lowest BCUT2D eigenvalue weighted by Gasteiger charge is -2.36. The summed E-state index contributed by atoms with van der Waals surface area (Å²) in [4.78, 5) is 27.0. The van der Waals surface area contributed by atoms with Crippen LogP contribution in [0.15, 0.2) is 40.8 Å². The lowest BCUT2D eigenvalue weighted by molar-refractivity contribution is -0.141. The van der Waals surface area contributed by atoms with E-state index in [9.17, 15) is 9.59 Å². The number of amides is 2. The zero-order valence-electron chi connectivity index (χ0n) is 14.0. The normalized spacial score (nSPS) is 16.8. The summed E-state index contributed by atoms with van der Waals surface area (Å²) in [6.07, 6.45) is 1.17. The van der Waals surface area contributed by atoms with Gasteiger partial charge in [0.05, 0.1) is 13.0 Å². The smallest absolute Gasteiger partial charge is 0.247 e. The van der Waals surface area contributed by atoms with Crippen LogP contribution in [0.25, 0.3) is 0 Å². The maximum atomic E-state index is 12.8. The van der Waals surface area contributed by atoms with Gasteiger partial charge >= 0.3 is 0 Å². The molecule has 0 bridgehead atoms. The van der Waals surface area contributed by atoms with Crippen molar-refractivity contribution in [2.75, 3.05) is 6.54 Å². The highest BCUT2D eigenvalue weighted by atomic mass is 16.3. The molecule has 0 saturated heterocycles. The first kappa shape index (κ1) is 16.3. The molecule has 1 unspecified atom stereocenters. The van der Waals surface area contributed by atoms with E-state index in [1.807, 2.05) is 50.2 Å². The van der Waals surface area contributed by atoms with E-state index in [2.05, 4.69) is 5.32 Å². The Labute approximate surface area is 141 Å². The van der Waals surface area contributed by atoms with E-state index >= 15 is 0 Å². The Morgan fingerprint density at radius 3 is 2.79 bits per heavy atom. The fraction of sp³-hybridized carbons (Fsp3) is 0.368. The molecular formula is C19H22N2O3. The Balaban J connectivity index is 1.83. The Morgan fingerprint density at radius 2 is 2.08 bits per heavy atom. The first-order valence-corrected chi connectivity index (χ1v) is 8.30. The fourth-order valence-electron chi connectivity index (χ4n) is 3.17. The van der Waals surface area contributed by atoms with E-state index in [0.29, 0.717) is 25.3 Å². The second-order valence-electron chi connectivity index (χ2n) is 6.10. The highest BCUT2D eigenvalue weighted by Crippen LogP contribution is 2.30. The molecule has 126 valence electrons. The average molecular weight is 326 g/mol. The molecule has 24 heavy (non-hydrogen) atoms. The van der Waals surface area contributed by atoms with Crippen molar-refractivity contribution in [1.82, 2.24) is 10.2 Å². The van der Waals surface area contributed by atoms with Crippen molar-refractivity contribution in [1.29, 1.82) is 0 Å². The SMILES string of the molecule is CCCN1C(=O)Cc2ccccc2C1C(=O)NCc1ccc(C)o1. The largest absolute Gasteiger partial charge is 0.465 e. The Morgan fingerprint density at radius 1 is 1.29 bits per heavy atom. The van der Waals surface area contributed by atoms with Gasteiger partial charge in [-0.3, -0.25) is 9.59 Å². The summed E-state index contributed by atoms with van der Waals surface area (Å²) in [6.45, 7) is 4.77. The zero-order valence-corrected chi connectivity index (χ0v) is 14.0. The summed E-state index contributed by atoms with van der Waals surface area (Å²) < 4.78 is 5.49. The van der Waals surface area contributed by atoms with Crippen LogP contribution in [-0.4, -0.2) is 23.3 Å². The van der Waals surface area contributed by atoms with Crippen LogP contribution in [0.3, 0.4) is 0 Å². The molecule has 0 spiro atoms. The number of nitrogens with zero attached hydrogens (tertiary/aromatic N) is 1. The highest BCUT2D eigenvalue weighted by Gasteiger charge is 2.36. The van der Waals surface area contributed by atoms with Crippen molar-refractivity contribution >= 4 is 11.8 Å². The van der Waals surface area contributed by atoms with Gasteiger partial charge in [-0.15, -0.1) is 0 Å². The molecule has 1 aliphatic rings. The van der Waals surface area contributed by atoms with Gasteiger partial charge in [-0.25, -0.2) is 0 Å². The number of furan rings is 1. The maximum absolute atomic E-state index is 12.8. The predicted molar refractivity (Wildman–Crippen MR) is 90.2 cm³/mol. The third kappa shape index (κ3) is 3.20. The molecule has 1 aromatic carbocycles. The monoisotopic (exact) mass is 326 g/mol. The molecule has 0 radical (unpaired) electrons. The van der Waals surface area contributed by atoms with Gasteiger partial charge in [0.2, 0.25) is 11.8 Å². The van der Waals surface area contributed by atoms with Crippen LogP contribution in [-0.2, 0) is 22.6 Å². The standard InChI is InChI=1S/C19H22N2O3/c1-3-10-21-17(22)11-14-6-4-5-7-16(14)18(21)19(23)20-12-15-9-8-13(2)24-15/h4-9,18H,3,10-12H2,1-2H3,(H,20,23). The topological polar surface area (TPSA) is 62.6 Å². The summed E-state index contributed by atoms with van der Waals surface area (Å²) in [6, 6.07) is 10.8. The third-order valence-electron chi connectivity index (χ3n) is 4.27. The molecule has 1 atom stereocenters. The van der Waals surface area contributed by atoms with Gasteiger partial charge in [0.1, 0.15) is 17.6 Å². The summed E-state index contributed by atoms with van der Waals surface area (Å²) in [5.74, 6) is 1.35. The van der Waals surface area contributed by atoms with E-state index in [4.69, 9.17) is 4.42 Å². The molecule has 0 fully saturated rings. The number of fused-ring (bicyclic) bond motifs is 1. The van der Waals surface area contributed by atoms with Crippen molar-refractivity contribution in [2.45, 2.75) is 39.3 Å². The van der Waals surface area contributed by atoms with Crippen LogP contribution in [0.5, 0.6) is 0 Å².